The fourth-order valence-electron chi connectivity index (χ4n) is 22.5. The molecule has 5 unspecified atom stereocenters. The second kappa shape index (κ2) is 19.4. The Morgan fingerprint density at radius 1 is 0.667 bits per heavy atom. The predicted molar refractivity (Wildman–Crippen MR) is 275 cm³/mol. The van der Waals surface area contributed by atoms with Crippen LogP contribution in [-0.4, -0.2) is 119 Å². The van der Waals surface area contributed by atoms with Crippen LogP contribution in [0.5, 0.6) is 0 Å². The zero-order valence-electron chi connectivity index (χ0n) is 48.9. The monoisotopic (exact) mass is 1150 g/mol. The molecule has 16 nitrogen and oxygen atoms in total. The van der Waals surface area contributed by atoms with Crippen LogP contribution in [0.15, 0.2) is 22.3 Å². The van der Waals surface area contributed by atoms with E-state index >= 15 is 0 Å². The van der Waals surface area contributed by atoms with Crippen molar-refractivity contribution in [2.75, 3.05) is 13.2 Å². The number of hydrogen-bond donors (Lipinski definition) is 4. The van der Waals surface area contributed by atoms with Gasteiger partial charge in [-0.1, -0.05) is 77.7 Å². The summed E-state index contributed by atoms with van der Waals surface area (Å²) in [5, 5.41) is 46.5. The van der Waals surface area contributed by atoms with Gasteiger partial charge >= 0.3 is 59.1 Å². The number of fused-ring (bicyclic) bond motifs is 10. The van der Waals surface area contributed by atoms with Crippen molar-refractivity contribution < 1.29 is 133 Å². The van der Waals surface area contributed by atoms with Crippen LogP contribution in [0.25, 0.3) is 0 Å². The first-order valence-electron chi connectivity index (χ1n) is 29.2. The molecule has 0 aromatic heterocycles. The molecule has 6 aliphatic heterocycles. The maximum absolute atomic E-state index is 12.5. The quantitative estimate of drug-likeness (QED) is 0.105. The molecule has 6 bridgehead atoms. The average Bonchev–Trinajstić information content (AvgIpc) is 3.29. The molecular weight excluding hydrogens is 1060 g/mol. The maximum Gasteiger partial charge on any atom is 1.00 e. The smallest absolute Gasteiger partial charge is 0.726 e. The van der Waals surface area contributed by atoms with Gasteiger partial charge in [0.05, 0.1) is 48.8 Å². The van der Waals surface area contributed by atoms with Crippen molar-refractivity contribution in [1.29, 1.82) is 0 Å². The topological polar surface area (TPSA) is 251 Å². The normalized spacial score (nSPS) is 50.9. The number of aliphatic hydroxyl groups is 4. The second-order valence-corrected chi connectivity index (χ2v) is 31.9. The van der Waals surface area contributed by atoms with Gasteiger partial charge in [0.2, 0.25) is 20.8 Å². The van der Waals surface area contributed by atoms with Crippen LogP contribution in [0.1, 0.15) is 179 Å². The minimum atomic E-state index is -5.10. The van der Waals surface area contributed by atoms with Gasteiger partial charge in [0.25, 0.3) is 0 Å². The van der Waals surface area contributed by atoms with E-state index in [1.165, 1.54) is 11.1 Å². The Morgan fingerprint density at radius 2 is 1.12 bits per heavy atom. The first-order valence-corrected chi connectivity index (χ1v) is 31.9. The summed E-state index contributed by atoms with van der Waals surface area (Å²) >= 11 is 0. The third-order valence-electron chi connectivity index (χ3n) is 25.7. The molecule has 0 aromatic rings. The van der Waals surface area contributed by atoms with Crippen molar-refractivity contribution in [1.82, 2.24) is 0 Å². The molecule has 2 spiro atoms. The summed E-state index contributed by atoms with van der Waals surface area (Å²) in [7, 11) is -10.2. The SMILES string of the molecule is CC([C@H]1CCC2C3=C(CC[C@@]21C)[C@@]12CO[C@](O)([C@@H](O)C1)C(C)(C)C2[C@@H](OS(=O)(=O)[O-])C3)[C@H]1C[C@@H]2C[C@@](C)(OC2(C)C)[C@H](CC[C@@H](C)[C@H]2CCC3C4=C(CC[C@@]32C)[C@@]23CO[C@](O)([C@@H](O)C2)C(C)(C)C3[C@@H](OS(=O)(=O)[O-])C4)O1.[Na+].[Na+]. The zero-order chi connectivity index (χ0) is 54.9. The first kappa shape index (κ1) is 62.0. The fraction of sp³-hybridized carbons (Fsp3) is 0.931. The van der Waals surface area contributed by atoms with Crippen LogP contribution in [-0.2, 0) is 48.1 Å². The Bertz CT molecular complexity index is 2720. The summed E-state index contributed by atoms with van der Waals surface area (Å²) < 4.78 is 113. The van der Waals surface area contributed by atoms with E-state index in [9.17, 15) is 46.4 Å². The molecule has 4 saturated carbocycles. The largest absolute Gasteiger partial charge is 1.00 e. The summed E-state index contributed by atoms with van der Waals surface area (Å²) in [6.07, 6.45) is 7.28. The molecular formula is C58H88Na2O16S2. The Morgan fingerprint density at radius 3 is 1.56 bits per heavy atom. The Balaban J connectivity index is 0.00000344. The van der Waals surface area contributed by atoms with Crippen molar-refractivity contribution in [2.45, 2.75) is 238 Å². The van der Waals surface area contributed by atoms with E-state index in [1.807, 2.05) is 0 Å². The molecule has 6 heterocycles. The van der Waals surface area contributed by atoms with E-state index in [4.69, 9.17) is 27.3 Å². The molecule has 14 aliphatic rings. The minimum absolute atomic E-state index is 0. The third-order valence-corrected chi connectivity index (χ3v) is 26.7. The van der Waals surface area contributed by atoms with Gasteiger partial charge in [-0.3, -0.25) is 8.37 Å². The summed E-state index contributed by atoms with van der Waals surface area (Å²) in [5.41, 5.74) is -0.0659. The van der Waals surface area contributed by atoms with Gasteiger partial charge in [0.1, 0.15) is 12.2 Å². The van der Waals surface area contributed by atoms with Crippen LogP contribution < -0.4 is 59.1 Å². The predicted octanol–water partition coefficient (Wildman–Crippen LogP) is 1.75. The Hall–Kier alpha value is 0.900. The molecule has 6 saturated heterocycles. The molecule has 430 valence electrons. The number of rotatable bonds is 10. The van der Waals surface area contributed by atoms with Gasteiger partial charge in [-0.25, -0.2) is 16.8 Å². The van der Waals surface area contributed by atoms with Crippen molar-refractivity contribution in [2.24, 2.45) is 85.8 Å². The van der Waals surface area contributed by atoms with Crippen LogP contribution in [0.3, 0.4) is 0 Å². The van der Waals surface area contributed by atoms with E-state index in [-0.39, 0.29) is 138 Å². The summed E-state index contributed by atoms with van der Waals surface area (Å²) in [6.45, 7) is 23.8. The van der Waals surface area contributed by atoms with Crippen molar-refractivity contribution in [3.05, 3.63) is 22.3 Å². The van der Waals surface area contributed by atoms with E-state index in [0.29, 0.717) is 30.1 Å². The van der Waals surface area contributed by atoms with Crippen molar-refractivity contribution >= 4 is 20.8 Å². The molecule has 22 atom stereocenters. The maximum atomic E-state index is 12.5. The van der Waals surface area contributed by atoms with E-state index in [2.05, 4.69) is 48.5 Å². The number of ether oxygens (including phenoxy) is 4. The molecule has 14 rings (SSSR count). The van der Waals surface area contributed by atoms with Crippen LogP contribution in [0.2, 0.25) is 0 Å². The van der Waals surface area contributed by atoms with Gasteiger partial charge in [-0.05, 0) is 176 Å². The molecule has 10 fully saturated rings. The summed E-state index contributed by atoms with van der Waals surface area (Å²) in [5.74, 6) is -3.14. The van der Waals surface area contributed by atoms with Crippen LogP contribution in [0, 0.1) is 85.8 Å². The second-order valence-electron chi connectivity index (χ2n) is 29.8. The zero-order valence-corrected chi connectivity index (χ0v) is 54.5. The average molecular weight is 1150 g/mol. The van der Waals surface area contributed by atoms with E-state index in [0.717, 1.165) is 88.2 Å². The van der Waals surface area contributed by atoms with Gasteiger partial charge in [-0.15, -0.1) is 0 Å². The summed E-state index contributed by atoms with van der Waals surface area (Å²) in [4.78, 5) is 0. The van der Waals surface area contributed by atoms with Gasteiger partial charge in [0, 0.05) is 33.5 Å². The van der Waals surface area contributed by atoms with Gasteiger partial charge in [0.15, 0.2) is 11.6 Å². The molecule has 0 radical (unpaired) electrons. The molecule has 20 heteroatoms. The number of aliphatic hydroxyl groups excluding tert-OH is 2. The fourth-order valence-corrected chi connectivity index (χ4v) is 23.5. The Labute approximate surface area is 508 Å². The standard InChI is InChI=1S/C58H90O16S2.2Na/c1-30(35-13-15-37-33-23-42(72-75(63,64)65)47-49(3,4)57(61)44(59)26-55(47,28-69-57)39(33)18-20-52(35,37)9)12-17-46-54(11)25-32(51(7,8)74-54)22-41(71-46)31(2)36-14-16-38-34-24-43(73-76(66,67)68)48-50(5,6)58(62)45(60)27-56(48,29-70-58)40(34)19-21-53(36,38)10;;/h30-32,35-38,41-48,59-62H,12-29H2,1-11H3,(H,63,64,65)(H,66,67,68);;/q;2*+1/p-2/t30-,31?,32-,35-,36-,37?,38?,41-,42+,43+,44+,45+,46+,47?,48?,52-,53-,54-,55+,56+,57-,58-;;/m1../s1. The number of hydrogen-bond acceptors (Lipinski definition) is 16. The first-order chi connectivity index (χ1) is 35.0. The minimum Gasteiger partial charge on any atom is -0.726 e. The molecule has 8 aliphatic carbocycles. The summed E-state index contributed by atoms with van der Waals surface area (Å²) in [6, 6.07) is 0. The van der Waals surface area contributed by atoms with Gasteiger partial charge < -0.3 is 48.5 Å². The van der Waals surface area contributed by atoms with Crippen LogP contribution >= 0.6 is 0 Å². The molecule has 4 N–H and O–H groups in total. The Kier molecular flexibility index (Phi) is 15.5. The third kappa shape index (κ3) is 8.60. The van der Waals surface area contributed by atoms with Crippen molar-refractivity contribution in [3.8, 4) is 0 Å². The van der Waals surface area contributed by atoms with Crippen molar-refractivity contribution in [3.63, 3.8) is 0 Å². The molecule has 0 amide bonds. The van der Waals surface area contributed by atoms with E-state index < -0.39 is 95.9 Å². The molecule has 0 aromatic carbocycles. The van der Waals surface area contributed by atoms with Crippen LogP contribution in [0.4, 0.5) is 0 Å². The van der Waals surface area contributed by atoms with Gasteiger partial charge in [-0.2, -0.15) is 0 Å². The molecule has 78 heavy (non-hydrogen) atoms. The van der Waals surface area contributed by atoms with E-state index in [1.54, 1.807) is 27.7 Å².